The molecule has 0 aromatic carbocycles. The molecule has 2 heterocycles. The Morgan fingerprint density at radius 1 is 1.25 bits per heavy atom. The maximum atomic E-state index is 12.2. The fourth-order valence-corrected chi connectivity index (χ4v) is 2.80. The van der Waals surface area contributed by atoms with E-state index >= 15 is 0 Å². The van der Waals surface area contributed by atoms with Crippen molar-refractivity contribution in [3.8, 4) is 0 Å². The number of aromatic amines is 2. The van der Waals surface area contributed by atoms with Crippen molar-refractivity contribution in [2.45, 2.75) is 18.9 Å². The van der Waals surface area contributed by atoms with E-state index in [1.807, 2.05) is 4.98 Å². The number of halogens is 1. The molecule has 0 spiro atoms. The lowest BCUT2D eigenvalue weighted by Crippen LogP contribution is -2.35. The number of hydrogen-bond donors (Lipinski definition) is 3. The highest BCUT2D eigenvalue weighted by atomic mass is 35.5. The molecule has 2 aliphatic rings. The minimum absolute atomic E-state index is 0. The highest BCUT2D eigenvalue weighted by Gasteiger charge is 2.42. The first kappa shape index (κ1) is 14.8. The van der Waals surface area contributed by atoms with Crippen molar-refractivity contribution >= 4 is 18.3 Å². The summed E-state index contributed by atoms with van der Waals surface area (Å²) in [7, 11) is 0. The number of aromatic nitrogens is 2. The molecule has 1 saturated carbocycles. The molecule has 1 aromatic heterocycles. The van der Waals surface area contributed by atoms with E-state index in [1.165, 1.54) is 12.8 Å². The maximum Gasteiger partial charge on any atom is 0.326 e. The molecule has 1 aromatic rings. The number of amides is 1. The smallest absolute Gasteiger partial charge is 0.326 e. The first-order chi connectivity index (χ1) is 9.04. The van der Waals surface area contributed by atoms with Gasteiger partial charge in [-0.1, -0.05) is 0 Å². The Labute approximate surface area is 121 Å². The van der Waals surface area contributed by atoms with E-state index in [-0.39, 0.29) is 30.0 Å². The number of nitrogens with zero attached hydrogens (tertiary/aromatic N) is 1. The van der Waals surface area contributed by atoms with Crippen LogP contribution in [-0.4, -0.2) is 39.9 Å². The Hall–Kier alpha value is -1.60. The zero-order valence-electron chi connectivity index (χ0n) is 10.8. The molecule has 8 heteroatoms. The van der Waals surface area contributed by atoms with Crippen LogP contribution in [0.2, 0.25) is 0 Å². The van der Waals surface area contributed by atoms with E-state index in [2.05, 4.69) is 4.98 Å². The number of rotatable bonds is 2. The maximum absolute atomic E-state index is 12.2. The Morgan fingerprint density at radius 3 is 2.55 bits per heavy atom. The van der Waals surface area contributed by atoms with Crippen LogP contribution in [0.15, 0.2) is 15.7 Å². The Bertz CT molecular complexity index is 593. The van der Waals surface area contributed by atoms with E-state index in [4.69, 9.17) is 5.73 Å². The summed E-state index contributed by atoms with van der Waals surface area (Å²) in [4.78, 5) is 40.6. The minimum Gasteiger partial charge on any atom is -0.335 e. The molecule has 20 heavy (non-hydrogen) atoms. The van der Waals surface area contributed by atoms with Gasteiger partial charge in [0.15, 0.2) is 0 Å². The number of carbonyl (C=O) groups excluding carboxylic acids is 1. The zero-order valence-corrected chi connectivity index (χ0v) is 11.6. The minimum atomic E-state index is -0.668. The Morgan fingerprint density at radius 2 is 1.95 bits per heavy atom. The van der Waals surface area contributed by atoms with E-state index < -0.39 is 11.2 Å². The standard InChI is InChI=1S/C12H16N4O3.ClH/c13-8-5-16(4-7(8)6-1-2-6)11(18)9-3-10(17)15-12(19)14-9;/h3,6-8H,1-2,4-5,13H2,(H2,14,15,17,19);1H/t7-,8+;/m1./s1. The highest BCUT2D eigenvalue weighted by molar-refractivity contribution is 5.92. The highest BCUT2D eigenvalue weighted by Crippen LogP contribution is 2.40. The molecular formula is C12H17ClN4O3. The van der Waals surface area contributed by atoms with Crippen molar-refractivity contribution in [2.24, 2.45) is 17.6 Å². The fraction of sp³-hybridized carbons (Fsp3) is 0.583. The summed E-state index contributed by atoms with van der Waals surface area (Å²) in [6.45, 7) is 1.09. The van der Waals surface area contributed by atoms with Gasteiger partial charge in [-0.2, -0.15) is 0 Å². The third-order valence-electron chi connectivity index (χ3n) is 3.92. The Kier molecular flexibility index (Phi) is 4.01. The van der Waals surface area contributed by atoms with Gasteiger partial charge in [0.25, 0.3) is 11.5 Å². The predicted octanol–water partition coefficient (Wildman–Crippen LogP) is -0.706. The van der Waals surface area contributed by atoms with Crippen LogP contribution in [0.1, 0.15) is 23.3 Å². The molecule has 0 radical (unpaired) electrons. The van der Waals surface area contributed by atoms with Crippen molar-refractivity contribution in [1.82, 2.24) is 14.9 Å². The van der Waals surface area contributed by atoms with Crippen LogP contribution in [0.4, 0.5) is 0 Å². The number of H-pyrrole nitrogens is 2. The first-order valence-electron chi connectivity index (χ1n) is 6.43. The number of hydrogen-bond acceptors (Lipinski definition) is 4. The fourth-order valence-electron chi connectivity index (χ4n) is 2.80. The summed E-state index contributed by atoms with van der Waals surface area (Å²) in [6.07, 6.45) is 2.37. The quantitative estimate of drug-likeness (QED) is 0.670. The third-order valence-corrected chi connectivity index (χ3v) is 3.92. The van der Waals surface area contributed by atoms with Crippen LogP contribution < -0.4 is 17.0 Å². The summed E-state index contributed by atoms with van der Waals surface area (Å²) in [5.41, 5.74) is 4.83. The molecular weight excluding hydrogens is 284 g/mol. The van der Waals surface area contributed by atoms with Gasteiger partial charge in [0.2, 0.25) is 0 Å². The second-order valence-corrected chi connectivity index (χ2v) is 5.38. The summed E-state index contributed by atoms with van der Waals surface area (Å²) in [5, 5.41) is 0. The van der Waals surface area contributed by atoms with Gasteiger partial charge in [-0.05, 0) is 24.7 Å². The second kappa shape index (κ2) is 5.41. The van der Waals surface area contributed by atoms with Crippen LogP contribution in [0.3, 0.4) is 0 Å². The van der Waals surface area contributed by atoms with E-state index in [0.717, 1.165) is 6.07 Å². The van der Waals surface area contributed by atoms with Crippen LogP contribution in [0.25, 0.3) is 0 Å². The molecule has 2 fully saturated rings. The lowest BCUT2D eigenvalue weighted by molar-refractivity contribution is 0.0778. The van der Waals surface area contributed by atoms with Crippen molar-refractivity contribution in [3.05, 3.63) is 32.6 Å². The molecule has 1 aliphatic heterocycles. The van der Waals surface area contributed by atoms with Gasteiger partial charge in [0.1, 0.15) is 5.69 Å². The molecule has 2 atom stereocenters. The zero-order chi connectivity index (χ0) is 13.6. The van der Waals surface area contributed by atoms with Gasteiger partial charge in [0.05, 0.1) is 0 Å². The summed E-state index contributed by atoms with van der Waals surface area (Å²) < 4.78 is 0. The van der Waals surface area contributed by atoms with E-state index in [9.17, 15) is 14.4 Å². The molecule has 0 unspecified atom stereocenters. The normalized spacial score (nSPS) is 25.4. The summed E-state index contributed by atoms with van der Waals surface area (Å²) in [5.74, 6) is 0.644. The van der Waals surface area contributed by atoms with Gasteiger partial charge in [-0.3, -0.25) is 14.6 Å². The Balaban J connectivity index is 0.00000147. The largest absolute Gasteiger partial charge is 0.335 e. The van der Waals surface area contributed by atoms with Gasteiger partial charge >= 0.3 is 5.69 Å². The van der Waals surface area contributed by atoms with Crippen molar-refractivity contribution < 1.29 is 4.79 Å². The van der Waals surface area contributed by atoms with E-state index in [1.54, 1.807) is 4.90 Å². The van der Waals surface area contributed by atoms with Crippen LogP contribution >= 0.6 is 12.4 Å². The lowest BCUT2D eigenvalue weighted by Gasteiger charge is -2.15. The molecule has 3 rings (SSSR count). The third kappa shape index (κ3) is 2.78. The summed E-state index contributed by atoms with van der Waals surface area (Å²) >= 11 is 0. The number of nitrogens with two attached hydrogens (primary N) is 1. The number of likely N-dealkylation sites (tertiary alicyclic amines) is 1. The molecule has 4 N–H and O–H groups in total. The molecule has 1 amide bonds. The van der Waals surface area contributed by atoms with Crippen LogP contribution in [0, 0.1) is 11.8 Å². The number of carbonyl (C=O) groups is 1. The van der Waals surface area contributed by atoms with Gasteiger partial charge in [-0.15, -0.1) is 12.4 Å². The van der Waals surface area contributed by atoms with Gasteiger partial charge < -0.3 is 15.6 Å². The molecule has 1 aliphatic carbocycles. The van der Waals surface area contributed by atoms with Gasteiger partial charge in [-0.25, -0.2) is 4.79 Å². The molecule has 1 saturated heterocycles. The SMILES string of the molecule is Cl.N[C@H]1CN(C(=O)c2cc(=O)[nH]c(=O)[nH]2)C[C@@H]1C1CC1. The second-order valence-electron chi connectivity index (χ2n) is 5.38. The van der Waals surface area contributed by atoms with E-state index in [0.29, 0.717) is 24.9 Å². The van der Waals surface area contributed by atoms with Crippen LogP contribution in [-0.2, 0) is 0 Å². The monoisotopic (exact) mass is 300 g/mol. The molecule has 110 valence electrons. The van der Waals surface area contributed by atoms with Crippen LogP contribution in [0.5, 0.6) is 0 Å². The number of nitrogens with one attached hydrogen (secondary N) is 2. The molecule has 0 bridgehead atoms. The lowest BCUT2D eigenvalue weighted by atomic mass is 9.99. The van der Waals surface area contributed by atoms with Crippen molar-refractivity contribution in [1.29, 1.82) is 0 Å². The first-order valence-corrected chi connectivity index (χ1v) is 6.43. The predicted molar refractivity (Wildman–Crippen MR) is 75.0 cm³/mol. The average Bonchev–Trinajstić information content (AvgIpc) is 3.10. The average molecular weight is 301 g/mol. The molecule has 7 nitrogen and oxygen atoms in total. The summed E-state index contributed by atoms with van der Waals surface area (Å²) in [6, 6.07) is 1.10. The van der Waals surface area contributed by atoms with Crippen molar-refractivity contribution in [2.75, 3.05) is 13.1 Å². The van der Waals surface area contributed by atoms with Crippen molar-refractivity contribution in [3.63, 3.8) is 0 Å². The topological polar surface area (TPSA) is 112 Å². The van der Waals surface area contributed by atoms with Gasteiger partial charge in [0, 0.05) is 25.2 Å².